The fraction of sp³-hybridized carbons (Fsp3) is 0.130. The molecule has 10 heteroatoms. The molecule has 2 N–H and O–H groups in total. The second-order valence-electron chi connectivity index (χ2n) is 7.71. The first-order chi connectivity index (χ1) is 15.9. The highest BCUT2D eigenvalue weighted by Crippen LogP contribution is 2.30. The van der Waals surface area contributed by atoms with E-state index >= 15 is 0 Å². The van der Waals surface area contributed by atoms with Crippen LogP contribution in [0.3, 0.4) is 0 Å². The number of pyridine rings is 1. The lowest BCUT2D eigenvalue weighted by molar-refractivity contribution is -0.117. The number of amides is 1. The molecule has 1 aliphatic rings. The Morgan fingerprint density at radius 2 is 1.85 bits per heavy atom. The van der Waals surface area contributed by atoms with Crippen LogP contribution in [0.1, 0.15) is 12.8 Å². The van der Waals surface area contributed by atoms with Crippen molar-refractivity contribution in [2.24, 2.45) is 5.92 Å². The van der Waals surface area contributed by atoms with Crippen molar-refractivity contribution in [3.8, 4) is 11.5 Å². The van der Waals surface area contributed by atoms with Crippen molar-refractivity contribution < 1.29 is 22.3 Å². The fourth-order valence-corrected chi connectivity index (χ4v) is 4.35. The molecule has 0 radical (unpaired) electrons. The first kappa shape index (κ1) is 21.0. The highest BCUT2D eigenvalue weighted by Gasteiger charge is 2.30. The maximum absolute atomic E-state index is 13.4. The quantitative estimate of drug-likeness (QED) is 0.420. The number of nitrogens with one attached hydrogen (secondary N) is 2. The number of sulfonamides is 1. The van der Waals surface area contributed by atoms with Gasteiger partial charge in [0, 0.05) is 12.0 Å². The molecule has 8 nitrogen and oxygen atoms in total. The van der Waals surface area contributed by atoms with Gasteiger partial charge in [0.25, 0.3) is 10.0 Å². The molecule has 1 fully saturated rings. The first-order valence-electron chi connectivity index (χ1n) is 10.2. The van der Waals surface area contributed by atoms with Gasteiger partial charge in [-0.15, -0.1) is 0 Å². The van der Waals surface area contributed by atoms with Gasteiger partial charge in [-0.1, -0.05) is 12.1 Å². The number of fused-ring (bicyclic) bond motifs is 1. The van der Waals surface area contributed by atoms with Crippen LogP contribution in [-0.4, -0.2) is 23.7 Å². The van der Waals surface area contributed by atoms with Gasteiger partial charge in [-0.3, -0.25) is 9.52 Å². The minimum absolute atomic E-state index is 0.0209. The van der Waals surface area contributed by atoms with Crippen LogP contribution in [0.4, 0.5) is 15.9 Å². The minimum atomic E-state index is -3.96. The highest BCUT2D eigenvalue weighted by atomic mass is 32.2. The van der Waals surface area contributed by atoms with Crippen molar-refractivity contribution in [2.75, 3.05) is 10.0 Å². The Morgan fingerprint density at radius 1 is 1.03 bits per heavy atom. The van der Waals surface area contributed by atoms with Gasteiger partial charge < -0.3 is 14.5 Å². The second kappa shape index (κ2) is 8.21. The Balaban J connectivity index is 1.32. The monoisotopic (exact) mass is 466 g/mol. The van der Waals surface area contributed by atoms with Gasteiger partial charge in [-0.2, -0.15) is 0 Å². The van der Waals surface area contributed by atoms with E-state index in [-0.39, 0.29) is 22.4 Å². The number of rotatable bonds is 7. The number of nitrogens with zero attached hydrogens (tertiary/aromatic N) is 2. The molecule has 4 aromatic rings. The van der Waals surface area contributed by atoms with Gasteiger partial charge in [0.1, 0.15) is 23.0 Å². The summed E-state index contributed by atoms with van der Waals surface area (Å²) >= 11 is 0. The predicted molar refractivity (Wildman–Crippen MR) is 120 cm³/mol. The molecule has 0 bridgehead atoms. The van der Waals surface area contributed by atoms with Crippen LogP contribution in [-0.2, 0) is 14.8 Å². The molecule has 2 heterocycles. The van der Waals surface area contributed by atoms with Crippen molar-refractivity contribution >= 4 is 33.1 Å². The summed E-state index contributed by atoms with van der Waals surface area (Å²) in [6, 6.07) is 14.6. The van der Waals surface area contributed by atoms with Crippen LogP contribution >= 0.6 is 0 Å². The summed E-state index contributed by atoms with van der Waals surface area (Å²) in [5.41, 5.74) is 0.913. The molecule has 5 rings (SSSR count). The zero-order chi connectivity index (χ0) is 23.0. The van der Waals surface area contributed by atoms with E-state index in [0.29, 0.717) is 23.0 Å². The van der Waals surface area contributed by atoms with E-state index in [2.05, 4.69) is 15.0 Å². The molecule has 0 saturated heterocycles. The van der Waals surface area contributed by atoms with E-state index in [9.17, 15) is 17.6 Å². The molecular formula is C23H19FN4O4S. The number of benzene rings is 2. The van der Waals surface area contributed by atoms with Gasteiger partial charge in [0.15, 0.2) is 5.82 Å². The number of carbonyl (C=O) groups excluding carboxylic acids is 1. The average Bonchev–Trinajstić information content (AvgIpc) is 3.55. The van der Waals surface area contributed by atoms with Crippen LogP contribution in [0.15, 0.2) is 78.0 Å². The van der Waals surface area contributed by atoms with Crippen LogP contribution < -0.4 is 14.8 Å². The number of carbonyl (C=O) groups is 1. The molecule has 168 valence electrons. The summed E-state index contributed by atoms with van der Waals surface area (Å²) in [5, 5.41) is 2.81. The predicted octanol–water partition coefficient (Wildman–Crippen LogP) is 4.42. The molecule has 0 atom stereocenters. The Bertz CT molecular complexity index is 1460. The maximum Gasteiger partial charge on any atom is 0.261 e. The van der Waals surface area contributed by atoms with Crippen molar-refractivity contribution in [2.45, 2.75) is 17.7 Å². The van der Waals surface area contributed by atoms with E-state index in [0.717, 1.165) is 18.9 Å². The lowest BCUT2D eigenvalue weighted by Gasteiger charge is -2.11. The topological polar surface area (TPSA) is 102 Å². The Morgan fingerprint density at radius 3 is 2.64 bits per heavy atom. The van der Waals surface area contributed by atoms with Crippen LogP contribution in [0.2, 0.25) is 0 Å². The number of halogens is 1. The third-order valence-corrected chi connectivity index (χ3v) is 6.43. The molecule has 0 unspecified atom stereocenters. The second-order valence-corrected chi connectivity index (χ2v) is 9.40. The summed E-state index contributed by atoms with van der Waals surface area (Å²) < 4.78 is 48.5. The number of hydrogen-bond acceptors (Lipinski definition) is 5. The third-order valence-electron chi connectivity index (χ3n) is 5.05. The number of hydrogen-bond donors (Lipinski definition) is 2. The summed E-state index contributed by atoms with van der Waals surface area (Å²) in [6.07, 6.45) is 5.23. The molecule has 2 aromatic carbocycles. The van der Waals surface area contributed by atoms with E-state index in [4.69, 9.17) is 4.74 Å². The van der Waals surface area contributed by atoms with Crippen LogP contribution in [0.5, 0.6) is 11.5 Å². The standard InChI is InChI=1S/C23H19FN4O4S/c24-16-3-1-6-20(11-16)33(30,31)27-17-4-2-5-18(12-17)32-19-9-10-22-25-21(14-28(22)13-19)26-23(29)15-7-8-15/h1-6,9-15,27H,7-8H2,(H,26,29). The molecule has 1 saturated carbocycles. The number of ether oxygens (including phenoxy) is 1. The minimum Gasteiger partial charge on any atom is -0.456 e. The van der Waals surface area contributed by atoms with Crippen LogP contribution in [0.25, 0.3) is 5.65 Å². The number of imidazole rings is 1. The zero-order valence-corrected chi connectivity index (χ0v) is 18.0. The summed E-state index contributed by atoms with van der Waals surface area (Å²) in [5.74, 6) is 0.783. The average molecular weight is 466 g/mol. The highest BCUT2D eigenvalue weighted by molar-refractivity contribution is 7.92. The third kappa shape index (κ3) is 4.80. The summed E-state index contributed by atoms with van der Waals surface area (Å²) in [6.45, 7) is 0. The van der Waals surface area contributed by atoms with Crippen LogP contribution in [0, 0.1) is 11.7 Å². The van der Waals surface area contributed by atoms with Gasteiger partial charge in [-0.05, 0) is 55.3 Å². The van der Waals surface area contributed by atoms with E-state index in [1.165, 1.54) is 24.3 Å². The molecular weight excluding hydrogens is 447 g/mol. The summed E-state index contributed by atoms with van der Waals surface area (Å²) in [7, 11) is -3.96. The van der Waals surface area contributed by atoms with Gasteiger partial charge in [0.2, 0.25) is 5.91 Å². The Hall–Kier alpha value is -3.92. The molecule has 0 aliphatic heterocycles. The molecule has 2 aromatic heterocycles. The van der Waals surface area contributed by atoms with Crippen molar-refractivity contribution in [3.63, 3.8) is 0 Å². The molecule has 1 aliphatic carbocycles. The number of anilines is 2. The van der Waals surface area contributed by atoms with Gasteiger partial charge >= 0.3 is 0 Å². The van der Waals surface area contributed by atoms with Crippen molar-refractivity contribution in [3.05, 3.63) is 78.9 Å². The first-order valence-corrected chi connectivity index (χ1v) is 11.7. The molecule has 33 heavy (non-hydrogen) atoms. The Kier molecular flexibility index (Phi) is 5.21. The van der Waals surface area contributed by atoms with Gasteiger partial charge in [-0.25, -0.2) is 17.8 Å². The van der Waals surface area contributed by atoms with Crippen molar-refractivity contribution in [1.29, 1.82) is 0 Å². The van der Waals surface area contributed by atoms with E-state index in [1.807, 2.05) is 0 Å². The summed E-state index contributed by atoms with van der Waals surface area (Å²) in [4.78, 5) is 16.1. The largest absolute Gasteiger partial charge is 0.456 e. The lowest BCUT2D eigenvalue weighted by Crippen LogP contribution is -2.13. The number of aromatic nitrogens is 2. The zero-order valence-electron chi connectivity index (χ0n) is 17.2. The van der Waals surface area contributed by atoms with E-state index in [1.54, 1.807) is 47.1 Å². The Labute approximate surface area is 189 Å². The SMILES string of the molecule is O=C(Nc1cn2cc(Oc3cccc(NS(=O)(=O)c4cccc(F)c4)c3)ccc2n1)C1CC1. The lowest BCUT2D eigenvalue weighted by atomic mass is 10.3. The van der Waals surface area contributed by atoms with Crippen molar-refractivity contribution in [1.82, 2.24) is 9.38 Å². The fourth-order valence-electron chi connectivity index (χ4n) is 3.27. The smallest absolute Gasteiger partial charge is 0.261 e. The van der Waals surface area contributed by atoms with E-state index < -0.39 is 15.8 Å². The molecule has 1 amide bonds. The van der Waals surface area contributed by atoms with Gasteiger partial charge in [0.05, 0.1) is 23.0 Å². The maximum atomic E-state index is 13.4. The molecule has 0 spiro atoms. The normalized spacial score (nSPS) is 13.6.